The molecule has 5 heteroatoms. The Kier molecular flexibility index (Phi) is 6.82. The molecule has 1 aliphatic rings. The van der Waals surface area contributed by atoms with Crippen LogP contribution in [0, 0.1) is 0 Å². The Morgan fingerprint density at radius 2 is 1.86 bits per heavy atom. The first-order chi connectivity index (χ1) is 9.33. The van der Waals surface area contributed by atoms with E-state index >= 15 is 0 Å². The van der Waals surface area contributed by atoms with Gasteiger partial charge in [0.05, 0.1) is 0 Å². The molecule has 3 N–H and O–H groups in total. The molecule has 1 aliphatic heterocycles. The van der Waals surface area contributed by atoms with Gasteiger partial charge in [0.1, 0.15) is 0 Å². The summed E-state index contributed by atoms with van der Waals surface area (Å²) < 4.78 is 0. The van der Waals surface area contributed by atoms with E-state index in [1.54, 1.807) is 0 Å². The second kappa shape index (κ2) is 8.13. The molecule has 0 saturated carbocycles. The maximum atomic E-state index is 5.86. The Labute approximate surface area is 138 Å². The van der Waals surface area contributed by atoms with Crippen molar-refractivity contribution in [1.29, 1.82) is 0 Å². The molecule has 114 valence electrons. The first-order valence-electron chi connectivity index (χ1n) is 6.71. The molecule has 2 aromatic carbocycles. The third-order valence-corrected chi connectivity index (χ3v) is 3.53. The van der Waals surface area contributed by atoms with Gasteiger partial charge in [-0.1, -0.05) is 30.3 Å². The van der Waals surface area contributed by atoms with Crippen molar-refractivity contribution in [2.75, 3.05) is 23.7 Å². The average molecular weight is 326 g/mol. The molecular weight excluding hydrogens is 305 g/mol. The van der Waals surface area contributed by atoms with Gasteiger partial charge in [0, 0.05) is 37.6 Å². The summed E-state index contributed by atoms with van der Waals surface area (Å²) in [7, 11) is 0. The monoisotopic (exact) mass is 325 g/mol. The molecule has 3 nitrogen and oxygen atoms in total. The number of fused-ring (bicyclic) bond motifs is 1. The van der Waals surface area contributed by atoms with E-state index in [1.807, 2.05) is 12.1 Å². The molecule has 0 aromatic heterocycles. The molecule has 0 aliphatic carbocycles. The molecule has 0 fully saturated rings. The fourth-order valence-corrected chi connectivity index (χ4v) is 2.60. The summed E-state index contributed by atoms with van der Waals surface area (Å²) in [6, 6.07) is 16.8. The lowest BCUT2D eigenvalue weighted by molar-refractivity contribution is 0.688. The van der Waals surface area contributed by atoms with Crippen LogP contribution in [0.15, 0.2) is 48.5 Å². The number of nitrogens with zero attached hydrogens (tertiary/aromatic N) is 1. The lowest BCUT2D eigenvalue weighted by Crippen LogP contribution is -2.28. The Hall–Kier alpha value is -1.42. The zero-order chi connectivity index (χ0) is 13.1. The van der Waals surface area contributed by atoms with Gasteiger partial charge in [-0.3, -0.25) is 0 Å². The van der Waals surface area contributed by atoms with E-state index in [0.29, 0.717) is 0 Å². The number of para-hydroxylation sites is 1. The summed E-state index contributed by atoms with van der Waals surface area (Å²) in [6.45, 7) is 3.89. The molecular formula is C16H21Cl2N3. The van der Waals surface area contributed by atoms with Crippen molar-refractivity contribution in [1.82, 2.24) is 5.32 Å². The van der Waals surface area contributed by atoms with Gasteiger partial charge in [-0.2, -0.15) is 0 Å². The lowest BCUT2D eigenvalue weighted by atomic mass is 10.1. The van der Waals surface area contributed by atoms with Crippen molar-refractivity contribution in [3.63, 3.8) is 0 Å². The topological polar surface area (TPSA) is 41.3 Å². The molecule has 21 heavy (non-hydrogen) atoms. The van der Waals surface area contributed by atoms with Crippen LogP contribution in [0.5, 0.6) is 0 Å². The van der Waals surface area contributed by atoms with Crippen molar-refractivity contribution in [2.45, 2.75) is 13.1 Å². The molecule has 0 amide bonds. The van der Waals surface area contributed by atoms with Gasteiger partial charge >= 0.3 is 0 Å². The van der Waals surface area contributed by atoms with Crippen LogP contribution in [0.4, 0.5) is 11.4 Å². The number of halogens is 2. The van der Waals surface area contributed by atoms with Gasteiger partial charge < -0.3 is 16.0 Å². The van der Waals surface area contributed by atoms with Crippen molar-refractivity contribution in [3.05, 3.63) is 59.7 Å². The highest BCUT2D eigenvalue weighted by Crippen LogP contribution is 2.24. The fourth-order valence-electron chi connectivity index (χ4n) is 2.60. The van der Waals surface area contributed by atoms with Gasteiger partial charge in [0.2, 0.25) is 0 Å². The zero-order valence-electron chi connectivity index (χ0n) is 11.8. The molecule has 0 spiro atoms. The third kappa shape index (κ3) is 4.27. The number of anilines is 2. The summed E-state index contributed by atoms with van der Waals surface area (Å²) in [5, 5.41) is 3.46. The van der Waals surface area contributed by atoms with Gasteiger partial charge in [-0.25, -0.2) is 0 Å². The number of nitrogens with two attached hydrogens (primary N) is 1. The summed E-state index contributed by atoms with van der Waals surface area (Å²) in [4.78, 5) is 2.42. The normalized spacial score (nSPS) is 13.4. The van der Waals surface area contributed by atoms with E-state index in [1.165, 1.54) is 16.8 Å². The second-order valence-corrected chi connectivity index (χ2v) is 4.97. The molecule has 0 saturated heterocycles. The average Bonchev–Trinajstić information content (AvgIpc) is 2.62. The summed E-state index contributed by atoms with van der Waals surface area (Å²) in [5.41, 5.74) is 10.6. The van der Waals surface area contributed by atoms with Gasteiger partial charge in [-0.05, 0) is 29.3 Å². The highest BCUT2D eigenvalue weighted by molar-refractivity contribution is 5.85. The van der Waals surface area contributed by atoms with E-state index in [2.05, 4.69) is 46.6 Å². The quantitative estimate of drug-likeness (QED) is 0.833. The number of nitrogens with one attached hydrogen (secondary N) is 1. The Balaban J connectivity index is 0.00000110. The largest absolute Gasteiger partial charge is 0.399 e. The van der Waals surface area contributed by atoms with Crippen molar-refractivity contribution in [3.8, 4) is 0 Å². The minimum Gasteiger partial charge on any atom is -0.399 e. The molecule has 3 rings (SSSR count). The van der Waals surface area contributed by atoms with E-state index < -0.39 is 0 Å². The number of rotatable bonds is 2. The molecule has 1 heterocycles. The van der Waals surface area contributed by atoms with Crippen molar-refractivity contribution >= 4 is 36.2 Å². The van der Waals surface area contributed by atoms with Gasteiger partial charge in [0.25, 0.3) is 0 Å². The van der Waals surface area contributed by atoms with Crippen LogP contribution in [-0.4, -0.2) is 13.1 Å². The van der Waals surface area contributed by atoms with Crippen LogP contribution in [0.2, 0.25) is 0 Å². The predicted octanol–water partition coefficient (Wildman–Crippen LogP) is 3.22. The predicted molar refractivity (Wildman–Crippen MR) is 94.5 cm³/mol. The Morgan fingerprint density at radius 3 is 2.67 bits per heavy atom. The molecule has 0 radical (unpaired) electrons. The Bertz CT molecular complexity index is 575. The molecule has 0 unspecified atom stereocenters. The number of hydrogen-bond acceptors (Lipinski definition) is 3. The maximum absolute atomic E-state index is 5.86. The second-order valence-electron chi connectivity index (χ2n) is 4.97. The smallest absolute Gasteiger partial charge is 0.0430 e. The SMILES string of the molecule is Cl.Cl.Nc1cccc(CN2CCNCc3ccccc32)c1. The summed E-state index contributed by atoms with van der Waals surface area (Å²) in [6.07, 6.45) is 0. The van der Waals surface area contributed by atoms with E-state index in [9.17, 15) is 0 Å². The number of benzene rings is 2. The van der Waals surface area contributed by atoms with E-state index in [0.717, 1.165) is 31.9 Å². The highest BCUT2D eigenvalue weighted by atomic mass is 35.5. The molecule has 0 bridgehead atoms. The number of nitrogen functional groups attached to an aromatic ring is 1. The highest BCUT2D eigenvalue weighted by Gasteiger charge is 2.14. The van der Waals surface area contributed by atoms with Crippen LogP contribution in [-0.2, 0) is 13.1 Å². The standard InChI is InChI=1S/C16H19N3.2ClH/c17-15-6-3-4-13(10-15)12-19-9-8-18-11-14-5-1-2-7-16(14)19;;/h1-7,10,18H,8-9,11-12,17H2;2*1H. The van der Waals surface area contributed by atoms with Crippen molar-refractivity contribution < 1.29 is 0 Å². The zero-order valence-corrected chi connectivity index (χ0v) is 13.4. The first-order valence-corrected chi connectivity index (χ1v) is 6.71. The van der Waals surface area contributed by atoms with Crippen LogP contribution in [0.3, 0.4) is 0 Å². The van der Waals surface area contributed by atoms with Crippen LogP contribution in [0.25, 0.3) is 0 Å². The van der Waals surface area contributed by atoms with Crippen LogP contribution < -0.4 is 16.0 Å². The lowest BCUT2D eigenvalue weighted by Gasteiger charge is -2.24. The number of hydrogen-bond donors (Lipinski definition) is 2. The fraction of sp³-hybridized carbons (Fsp3) is 0.250. The minimum atomic E-state index is 0. The van der Waals surface area contributed by atoms with Gasteiger partial charge in [0.15, 0.2) is 0 Å². The molecule has 2 aromatic rings. The summed E-state index contributed by atoms with van der Waals surface area (Å²) in [5.74, 6) is 0. The maximum Gasteiger partial charge on any atom is 0.0430 e. The summed E-state index contributed by atoms with van der Waals surface area (Å²) >= 11 is 0. The van der Waals surface area contributed by atoms with Crippen LogP contribution in [0.1, 0.15) is 11.1 Å². The third-order valence-electron chi connectivity index (χ3n) is 3.53. The van der Waals surface area contributed by atoms with E-state index in [4.69, 9.17) is 5.73 Å². The minimum absolute atomic E-state index is 0. The molecule has 0 atom stereocenters. The van der Waals surface area contributed by atoms with Crippen LogP contribution >= 0.6 is 24.8 Å². The van der Waals surface area contributed by atoms with Gasteiger partial charge in [-0.15, -0.1) is 24.8 Å². The van der Waals surface area contributed by atoms with E-state index in [-0.39, 0.29) is 24.8 Å². The van der Waals surface area contributed by atoms with Crippen molar-refractivity contribution in [2.24, 2.45) is 0 Å². The Morgan fingerprint density at radius 1 is 1.05 bits per heavy atom. The first kappa shape index (κ1) is 17.6.